The van der Waals surface area contributed by atoms with Gasteiger partial charge in [-0.3, -0.25) is 4.98 Å². The number of hydrogen-bond donors (Lipinski definition) is 1. The Labute approximate surface area is 120 Å². The molecule has 0 aliphatic heterocycles. The van der Waals surface area contributed by atoms with Crippen LogP contribution in [0.2, 0.25) is 5.02 Å². The highest BCUT2D eigenvalue weighted by Crippen LogP contribution is 2.25. The van der Waals surface area contributed by atoms with Gasteiger partial charge in [-0.15, -0.1) is 0 Å². The molecule has 2 aromatic rings. The molecule has 0 aliphatic rings. The second-order valence-corrected chi connectivity index (χ2v) is 5.48. The maximum atomic E-state index is 10.2. The number of aliphatic hydroxyl groups is 1. The van der Waals surface area contributed by atoms with E-state index in [1.54, 1.807) is 0 Å². The monoisotopic (exact) mass is 325 g/mol. The number of halogens is 2. The lowest BCUT2D eigenvalue weighted by Gasteiger charge is -2.12. The van der Waals surface area contributed by atoms with Crippen molar-refractivity contribution in [2.75, 3.05) is 0 Å². The molecule has 18 heavy (non-hydrogen) atoms. The summed E-state index contributed by atoms with van der Waals surface area (Å²) in [5.74, 6) is 0. The highest BCUT2D eigenvalue weighted by Gasteiger charge is 2.12. The van der Waals surface area contributed by atoms with Crippen LogP contribution in [0.15, 0.2) is 40.9 Å². The molecule has 2 rings (SSSR count). The van der Waals surface area contributed by atoms with Crippen LogP contribution in [-0.2, 0) is 6.42 Å². The van der Waals surface area contributed by atoms with Gasteiger partial charge in [-0.1, -0.05) is 39.7 Å². The number of aliphatic hydroxyl groups excluding tert-OH is 1. The number of aromatic nitrogens is 1. The summed E-state index contributed by atoms with van der Waals surface area (Å²) in [6.45, 7) is 1.91. The van der Waals surface area contributed by atoms with Crippen molar-refractivity contribution in [3.8, 4) is 0 Å². The van der Waals surface area contributed by atoms with E-state index < -0.39 is 6.10 Å². The zero-order valence-electron chi connectivity index (χ0n) is 9.90. The molecule has 0 bridgehead atoms. The van der Waals surface area contributed by atoms with Gasteiger partial charge in [-0.25, -0.2) is 0 Å². The van der Waals surface area contributed by atoms with Gasteiger partial charge in [0.15, 0.2) is 0 Å². The minimum Gasteiger partial charge on any atom is -0.386 e. The molecule has 0 radical (unpaired) electrons. The lowest BCUT2D eigenvalue weighted by molar-refractivity contribution is 0.173. The Balaban J connectivity index is 2.18. The van der Waals surface area contributed by atoms with Crippen molar-refractivity contribution in [3.63, 3.8) is 0 Å². The Morgan fingerprint density at radius 1 is 1.33 bits per heavy atom. The number of hydrogen-bond acceptors (Lipinski definition) is 2. The molecule has 1 unspecified atom stereocenters. The van der Waals surface area contributed by atoms with Gasteiger partial charge in [-0.2, -0.15) is 0 Å². The fourth-order valence-corrected chi connectivity index (χ4v) is 2.50. The van der Waals surface area contributed by atoms with Crippen molar-refractivity contribution in [3.05, 3.63) is 62.8 Å². The maximum Gasteiger partial charge on any atom is 0.100 e. The van der Waals surface area contributed by atoms with Gasteiger partial charge in [0.05, 0.1) is 5.69 Å². The average Bonchev–Trinajstić information content (AvgIpc) is 2.32. The van der Waals surface area contributed by atoms with Crippen LogP contribution in [0.5, 0.6) is 0 Å². The standard InChI is InChI=1S/C14H13BrClNO/c1-9-3-2-4-13(17-9)14(18)7-10-5-6-11(15)8-12(10)16/h2-6,8,14,18H,7H2,1H3. The van der Waals surface area contributed by atoms with Crippen LogP contribution in [0, 0.1) is 6.92 Å². The van der Waals surface area contributed by atoms with Crippen molar-refractivity contribution in [1.29, 1.82) is 0 Å². The molecule has 4 heteroatoms. The van der Waals surface area contributed by atoms with Gasteiger partial charge in [0.1, 0.15) is 6.10 Å². The van der Waals surface area contributed by atoms with Gasteiger partial charge in [0, 0.05) is 21.6 Å². The van der Waals surface area contributed by atoms with Crippen molar-refractivity contribution in [2.24, 2.45) is 0 Å². The molecule has 1 heterocycles. The fraction of sp³-hybridized carbons (Fsp3) is 0.214. The van der Waals surface area contributed by atoms with E-state index >= 15 is 0 Å². The molecule has 1 aromatic carbocycles. The summed E-state index contributed by atoms with van der Waals surface area (Å²) < 4.78 is 0.930. The molecule has 2 nitrogen and oxygen atoms in total. The fourth-order valence-electron chi connectivity index (χ4n) is 1.75. The number of benzene rings is 1. The predicted octanol–water partition coefficient (Wildman–Crippen LogP) is 4.08. The van der Waals surface area contributed by atoms with E-state index in [1.165, 1.54) is 0 Å². The smallest absolute Gasteiger partial charge is 0.100 e. The van der Waals surface area contributed by atoms with Crippen LogP contribution >= 0.6 is 27.5 Å². The van der Waals surface area contributed by atoms with Crippen LogP contribution in [0.3, 0.4) is 0 Å². The van der Waals surface area contributed by atoms with E-state index in [1.807, 2.05) is 43.3 Å². The lowest BCUT2D eigenvalue weighted by atomic mass is 10.1. The molecule has 0 saturated heterocycles. The van der Waals surface area contributed by atoms with Crippen molar-refractivity contribution >= 4 is 27.5 Å². The second kappa shape index (κ2) is 5.83. The lowest BCUT2D eigenvalue weighted by Crippen LogP contribution is -2.05. The van der Waals surface area contributed by atoms with Gasteiger partial charge in [0.2, 0.25) is 0 Å². The summed E-state index contributed by atoms with van der Waals surface area (Å²) in [5, 5.41) is 10.8. The first-order chi connectivity index (χ1) is 8.56. The van der Waals surface area contributed by atoms with Gasteiger partial charge >= 0.3 is 0 Å². The molecule has 1 aromatic heterocycles. The second-order valence-electron chi connectivity index (χ2n) is 4.16. The van der Waals surface area contributed by atoms with Crippen molar-refractivity contribution in [2.45, 2.75) is 19.4 Å². The van der Waals surface area contributed by atoms with E-state index in [9.17, 15) is 5.11 Å². The third kappa shape index (κ3) is 3.31. The van der Waals surface area contributed by atoms with Crippen LogP contribution in [0.1, 0.15) is 23.1 Å². The Hall–Kier alpha value is -0.900. The number of aryl methyl sites for hydroxylation is 1. The summed E-state index contributed by atoms with van der Waals surface area (Å²) in [5.41, 5.74) is 2.48. The molecule has 1 N–H and O–H groups in total. The topological polar surface area (TPSA) is 33.1 Å². The molecule has 1 atom stereocenters. The number of rotatable bonds is 3. The van der Waals surface area contributed by atoms with E-state index in [4.69, 9.17) is 11.6 Å². The van der Waals surface area contributed by atoms with Crippen LogP contribution < -0.4 is 0 Å². The molecule has 0 amide bonds. The summed E-state index contributed by atoms with van der Waals surface area (Å²) in [7, 11) is 0. The average molecular weight is 327 g/mol. The highest BCUT2D eigenvalue weighted by atomic mass is 79.9. The normalized spacial score (nSPS) is 12.4. The van der Waals surface area contributed by atoms with Gasteiger partial charge in [-0.05, 0) is 36.8 Å². The quantitative estimate of drug-likeness (QED) is 0.922. The largest absolute Gasteiger partial charge is 0.386 e. The van der Waals surface area contributed by atoms with Crippen LogP contribution in [0.4, 0.5) is 0 Å². The Morgan fingerprint density at radius 3 is 2.78 bits per heavy atom. The third-order valence-corrected chi connectivity index (χ3v) is 3.52. The first kappa shape index (κ1) is 13.5. The summed E-state index contributed by atoms with van der Waals surface area (Å²) in [6, 6.07) is 11.3. The maximum absolute atomic E-state index is 10.2. The van der Waals surface area contributed by atoms with E-state index in [2.05, 4.69) is 20.9 Å². The Bertz CT molecular complexity index is 559. The Kier molecular flexibility index (Phi) is 4.38. The van der Waals surface area contributed by atoms with Crippen molar-refractivity contribution < 1.29 is 5.11 Å². The minimum absolute atomic E-state index is 0.461. The van der Waals surface area contributed by atoms with E-state index in [-0.39, 0.29) is 0 Å². The van der Waals surface area contributed by atoms with Gasteiger partial charge in [0.25, 0.3) is 0 Å². The van der Waals surface area contributed by atoms with E-state index in [0.29, 0.717) is 17.1 Å². The molecule has 0 saturated carbocycles. The van der Waals surface area contributed by atoms with Crippen molar-refractivity contribution in [1.82, 2.24) is 4.98 Å². The molecule has 0 aliphatic carbocycles. The van der Waals surface area contributed by atoms with Gasteiger partial charge < -0.3 is 5.11 Å². The molecule has 0 spiro atoms. The van der Waals surface area contributed by atoms with Crippen LogP contribution in [-0.4, -0.2) is 10.1 Å². The van der Waals surface area contributed by atoms with E-state index in [0.717, 1.165) is 15.7 Å². The number of pyridine rings is 1. The third-order valence-electron chi connectivity index (χ3n) is 2.68. The molecule has 0 fully saturated rings. The molecular formula is C14H13BrClNO. The minimum atomic E-state index is -0.636. The zero-order chi connectivity index (χ0) is 13.1. The summed E-state index contributed by atoms with van der Waals surface area (Å²) in [4.78, 5) is 4.31. The predicted molar refractivity (Wildman–Crippen MR) is 76.8 cm³/mol. The summed E-state index contributed by atoms with van der Waals surface area (Å²) in [6.07, 6.45) is -0.175. The molecule has 94 valence electrons. The SMILES string of the molecule is Cc1cccc(C(O)Cc2ccc(Br)cc2Cl)n1. The first-order valence-electron chi connectivity index (χ1n) is 5.62. The first-order valence-corrected chi connectivity index (χ1v) is 6.79. The Morgan fingerprint density at radius 2 is 2.11 bits per heavy atom. The van der Waals surface area contributed by atoms with Crippen LogP contribution in [0.25, 0.3) is 0 Å². The molecular weight excluding hydrogens is 314 g/mol. The number of nitrogens with zero attached hydrogens (tertiary/aromatic N) is 1. The highest BCUT2D eigenvalue weighted by molar-refractivity contribution is 9.10. The zero-order valence-corrected chi connectivity index (χ0v) is 12.2. The summed E-state index contributed by atoms with van der Waals surface area (Å²) >= 11 is 9.49.